The fraction of sp³-hybridized carbons (Fsp3) is 0.667. The number of urea groups is 1. The van der Waals surface area contributed by atoms with Crippen molar-refractivity contribution in [3.05, 3.63) is 11.6 Å². The van der Waals surface area contributed by atoms with Crippen molar-refractivity contribution in [3.8, 4) is 0 Å². The third kappa shape index (κ3) is 5.97. The highest BCUT2D eigenvalue weighted by molar-refractivity contribution is 5.94. The minimum absolute atomic E-state index is 0.0506. The van der Waals surface area contributed by atoms with E-state index in [-0.39, 0.29) is 24.7 Å². The monoisotopic (exact) mass is 296 g/mol. The standard InChI is InChI=1S/C15H24N2O4/c1-15(2,3)11-7-9-17(10-8-11)14(21)16-12(18)5-4-6-13(19)20/h7H,4-6,8-10H2,1-3H3,(H,19,20)(H,16,18,21). The molecule has 0 aliphatic carbocycles. The number of hydrogen-bond donors (Lipinski definition) is 2. The van der Waals surface area contributed by atoms with Crippen LogP contribution in [0.15, 0.2) is 11.6 Å². The Kier molecular flexibility index (Phi) is 5.93. The molecule has 0 aromatic carbocycles. The lowest BCUT2D eigenvalue weighted by atomic mass is 9.83. The molecule has 0 unspecified atom stereocenters. The topological polar surface area (TPSA) is 86.7 Å². The van der Waals surface area contributed by atoms with E-state index in [0.29, 0.717) is 13.1 Å². The van der Waals surface area contributed by atoms with Gasteiger partial charge in [0.05, 0.1) is 0 Å². The van der Waals surface area contributed by atoms with Crippen molar-refractivity contribution in [2.24, 2.45) is 5.41 Å². The predicted octanol–water partition coefficient (Wildman–Crippen LogP) is 2.16. The summed E-state index contributed by atoms with van der Waals surface area (Å²) in [7, 11) is 0. The molecule has 6 heteroatoms. The lowest BCUT2D eigenvalue weighted by Gasteiger charge is -2.32. The van der Waals surface area contributed by atoms with Crippen LogP contribution in [0.3, 0.4) is 0 Å². The number of nitrogens with zero attached hydrogens (tertiary/aromatic N) is 1. The van der Waals surface area contributed by atoms with Gasteiger partial charge in [-0.15, -0.1) is 0 Å². The predicted molar refractivity (Wildman–Crippen MR) is 78.8 cm³/mol. The first-order chi connectivity index (χ1) is 9.70. The van der Waals surface area contributed by atoms with Crippen LogP contribution in [0, 0.1) is 5.41 Å². The van der Waals surface area contributed by atoms with E-state index in [4.69, 9.17) is 5.11 Å². The second kappa shape index (κ2) is 7.24. The molecule has 0 saturated heterocycles. The molecule has 0 aromatic rings. The highest BCUT2D eigenvalue weighted by atomic mass is 16.4. The van der Waals surface area contributed by atoms with Gasteiger partial charge < -0.3 is 10.0 Å². The average Bonchev–Trinajstić information content (AvgIpc) is 2.37. The number of carboxylic acid groups (broad SMARTS) is 1. The Morgan fingerprint density at radius 1 is 1.29 bits per heavy atom. The number of imide groups is 1. The van der Waals surface area contributed by atoms with E-state index < -0.39 is 17.9 Å². The maximum Gasteiger partial charge on any atom is 0.324 e. The minimum Gasteiger partial charge on any atom is -0.481 e. The molecule has 1 aliphatic rings. The molecule has 0 saturated carbocycles. The van der Waals surface area contributed by atoms with Gasteiger partial charge in [0.2, 0.25) is 5.91 Å². The van der Waals surface area contributed by atoms with Gasteiger partial charge in [-0.1, -0.05) is 32.4 Å². The molecule has 1 heterocycles. The van der Waals surface area contributed by atoms with Gasteiger partial charge in [-0.2, -0.15) is 0 Å². The molecule has 2 N–H and O–H groups in total. The molecular formula is C15H24N2O4. The van der Waals surface area contributed by atoms with Crippen LogP contribution in [-0.4, -0.2) is 41.0 Å². The first-order valence-electron chi connectivity index (χ1n) is 7.20. The van der Waals surface area contributed by atoms with Gasteiger partial charge >= 0.3 is 12.0 Å². The van der Waals surface area contributed by atoms with Gasteiger partial charge in [0, 0.05) is 25.9 Å². The van der Waals surface area contributed by atoms with Crippen LogP contribution in [0.4, 0.5) is 4.79 Å². The summed E-state index contributed by atoms with van der Waals surface area (Å²) in [5.74, 6) is -1.36. The molecule has 1 rings (SSSR count). The molecule has 3 amide bonds. The largest absolute Gasteiger partial charge is 0.481 e. The molecule has 1 aliphatic heterocycles. The van der Waals surface area contributed by atoms with Crippen molar-refractivity contribution < 1.29 is 19.5 Å². The molecule has 6 nitrogen and oxygen atoms in total. The summed E-state index contributed by atoms with van der Waals surface area (Å²) < 4.78 is 0. The lowest BCUT2D eigenvalue weighted by molar-refractivity contribution is -0.137. The van der Waals surface area contributed by atoms with Crippen molar-refractivity contribution in [2.75, 3.05) is 13.1 Å². The van der Waals surface area contributed by atoms with Crippen molar-refractivity contribution >= 4 is 17.9 Å². The number of rotatable bonds is 4. The van der Waals surface area contributed by atoms with Gasteiger partial charge in [-0.05, 0) is 18.3 Å². The molecule has 21 heavy (non-hydrogen) atoms. The number of hydrogen-bond acceptors (Lipinski definition) is 3. The number of aliphatic carboxylic acids is 1. The van der Waals surface area contributed by atoms with E-state index in [0.717, 1.165) is 6.42 Å². The Hall–Kier alpha value is -1.85. The smallest absolute Gasteiger partial charge is 0.324 e. The summed E-state index contributed by atoms with van der Waals surface area (Å²) >= 11 is 0. The van der Waals surface area contributed by atoms with Crippen LogP contribution >= 0.6 is 0 Å². The molecular weight excluding hydrogens is 272 g/mol. The van der Waals surface area contributed by atoms with Crippen LogP contribution in [0.2, 0.25) is 0 Å². The van der Waals surface area contributed by atoms with E-state index in [1.807, 2.05) is 6.08 Å². The van der Waals surface area contributed by atoms with Crippen LogP contribution in [0.1, 0.15) is 46.5 Å². The summed E-state index contributed by atoms with van der Waals surface area (Å²) in [5.41, 5.74) is 1.43. The van der Waals surface area contributed by atoms with Crippen molar-refractivity contribution in [1.29, 1.82) is 0 Å². The average molecular weight is 296 g/mol. The summed E-state index contributed by atoms with van der Waals surface area (Å²) in [6, 6.07) is -0.403. The lowest BCUT2D eigenvalue weighted by Crippen LogP contribution is -2.45. The Morgan fingerprint density at radius 2 is 1.95 bits per heavy atom. The van der Waals surface area contributed by atoms with Crippen LogP contribution < -0.4 is 5.32 Å². The Morgan fingerprint density at radius 3 is 2.43 bits per heavy atom. The van der Waals surface area contributed by atoms with Gasteiger partial charge in [0.15, 0.2) is 0 Å². The van der Waals surface area contributed by atoms with Crippen LogP contribution in [0.25, 0.3) is 0 Å². The third-order valence-electron chi connectivity index (χ3n) is 3.50. The number of nitrogens with one attached hydrogen (secondary N) is 1. The van der Waals surface area contributed by atoms with Crippen LogP contribution in [-0.2, 0) is 9.59 Å². The summed E-state index contributed by atoms with van der Waals surface area (Å²) in [6.07, 6.45) is 3.07. The van der Waals surface area contributed by atoms with Crippen LogP contribution in [0.5, 0.6) is 0 Å². The highest BCUT2D eigenvalue weighted by Gasteiger charge is 2.24. The summed E-state index contributed by atoms with van der Waals surface area (Å²) in [5, 5.41) is 10.8. The normalized spacial score (nSPS) is 15.4. The molecule has 0 bridgehead atoms. The Labute approximate surface area is 125 Å². The number of carboxylic acids is 1. The van der Waals surface area contributed by atoms with Crippen molar-refractivity contribution in [1.82, 2.24) is 10.2 Å². The molecule has 0 fully saturated rings. The van der Waals surface area contributed by atoms with E-state index in [9.17, 15) is 14.4 Å². The fourth-order valence-corrected chi connectivity index (χ4v) is 2.20. The zero-order chi connectivity index (χ0) is 16.0. The van der Waals surface area contributed by atoms with Crippen molar-refractivity contribution in [3.63, 3.8) is 0 Å². The van der Waals surface area contributed by atoms with Gasteiger partial charge in [0.25, 0.3) is 0 Å². The third-order valence-corrected chi connectivity index (χ3v) is 3.50. The molecule has 0 aromatic heterocycles. The Bertz CT molecular complexity index is 449. The second-order valence-electron chi connectivity index (χ2n) is 6.28. The van der Waals surface area contributed by atoms with Gasteiger partial charge in [-0.3, -0.25) is 14.9 Å². The first-order valence-corrected chi connectivity index (χ1v) is 7.20. The summed E-state index contributed by atoms with van der Waals surface area (Å²) in [6.45, 7) is 7.51. The van der Waals surface area contributed by atoms with E-state index in [2.05, 4.69) is 26.1 Å². The van der Waals surface area contributed by atoms with E-state index in [1.54, 1.807) is 4.90 Å². The van der Waals surface area contributed by atoms with Gasteiger partial charge in [0.1, 0.15) is 0 Å². The second-order valence-corrected chi connectivity index (χ2v) is 6.28. The molecule has 118 valence electrons. The number of carbonyl (C=O) groups excluding carboxylic acids is 2. The van der Waals surface area contributed by atoms with E-state index in [1.165, 1.54) is 5.57 Å². The molecule has 0 atom stereocenters. The zero-order valence-electron chi connectivity index (χ0n) is 12.9. The maximum atomic E-state index is 11.9. The van der Waals surface area contributed by atoms with Gasteiger partial charge in [-0.25, -0.2) is 4.79 Å². The minimum atomic E-state index is -0.940. The SMILES string of the molecule is CC(C)(C)C1=CCN(C(=O)NC(=O)CCCC(=O)O)CC1. The number of amides is 3. The number of carbonyl (C=O) groups is 3. The highest BCUT2D eigenvalue weighted by Crippen LogP contribution is 2.29. The molecule has 0 spiro atoms. The maximum absolute atomic E-state index is 11.9. The molecule has 0 radical (unpaired) electrons. The fourth-order valence-electron chi connectivity index (χ4n) is 2.20. The summed E-state index contributed by atoms with van der Waals surface area (Å²) in [4.78, 5) is 35.4. The quantitative estimate of drug-likeness (QED) is 0.778. The van der Waals surface area contributed by atoms with Crippen molar-refractivity contribution in [2.45, 2.75) is 46.5 Å². The Balaban J connectivity index is 2.39. The zero-order valence-corrected chi connectivity index (χ0v) is 12.9. The first kappa shape index (κ1) is 17.2. The van der Waals surface area contributed by atoms with E-state index >= 15 is 0 Å².